The average Bonchev–Trinajstić information content (AvgIpc) is 2.57. The third-order valence-corrected chi connectivity index (χ3v) is 5.15. The van der Waals surface area contributed by atoms with E-state index in [1.54, 1.807) is 0 Å². The second kappa shape index (κ2) is 5.24. The summed E-state index contributed by atoms with van der Waals surface area (Å²) in [5.74, 6) is -0.778. The van der Waals surface area contributed by atoms with Crippen LogP contribution in [0.15, 0.2) is 23.1 Å². The summed E-state index contributed by atoms with van der Waals surface area (Å²) >= 11 is 0. The molecule has 4 nitrogen and oxygen atoms in total. The van der Waals surface area contributed by atoms with Crippen LogP contribution in [0.1, 0.15) is 25.7 Å². The zero-order valence-corrected chi connectivity index (χ0v) is 10.9. The standard InChI is InChI=1S/C12H17FN2O2S/c13-10-6-5-7-11(14)12(10)18(16,17)15-8-3-1-2-4-9-15/h5-7H,1-4,8-9,14H2. The van der Waals surface area contributed by atoms with Gasteiger partial charge in [0.2, 0.25) is 10.0 Å². The summed E-state index contributed by atoms with van der Waals surface area (Å²) in [5, 5.41) is 0. The summed E-state index contributed by atoms with van der Waals surface area (Å²) in [6.07, 6.45) is 3.65. The first-order valence-electron chi connectivity index (χ1n) is 6.07. The van der Waals surface area contributed by atoms with Crippen LogP contribution in [0, 0.1) is 5.82 Å². The van der Waals surface area contributed by atoms with Crippen LogP contribution in [-0.2, 0) is 10.0 Å². The highest BCUT2D eigenvalue weighted by molar-refractivity contribution is 7.89. The van der Waals surface area contributed by atoms with Gasteiger partial charge in [-0.1, -0.05) is 18.9 Å². The van der Waals surface area contributed by atoms with E-state index in [1.807, 2.05) is 0 Å². The smallest absolute Gasteiger partial charge is 0.248 e. The Balaban J connectivity index is 2.41. The van der Waals surface area contributed by atoms with Crippen molar-refractivity contribution in [1.29, 1.82) is 0 Å². The SMILES string of the molecule is Nc1cccc(F)c1S(=O)(=O)N1CCCCCC1. The summed E-state index contributed by atoms with van der Waals surface area (Å²) in [7, 11) is -3.81. The largest absolute Gasteiger partial charge is 0.398 e. The van der Waals surface area contributed by atoms with E-state index >= 15 is 0 Å². The number of nitrogens with two attached hydrogens (primary N) is 1. The summed E-state index contributed by atoms with van der Waals surface area (Å²) < 4.78 is 39.8. The van der Waals surface area contributed by atoms with Crippen molar-refractivity contribution in [1.82, 2.24) is 4.31 Å². The van der Waals surface area contributed by atoms with Crippen molar-refractivity contribution in [3.05, 3.63) is 24.0 Å². The number of halogens is 1. The Morgan fingerprint density at radius 1 is 1.11 bits per heavy atom. The van der Waals surface area contributed by atoms with Gasteiger partial charge in [-0.05, 0) is 25.0 Å². The van der Waals surface area contributed by atoms with Gasteiger partial charge in [-0.15, -0.1) is 0 Å². The van der Waals surface area contributed by atoms with Crippen LogP contribution in [0.4, 0.5) is 10.1 Å². The molecule has 0 bridgehead atoms. The Morgan fingerprint density at radius 2 is 1.72 bits per heavy atom. The molecule has 1 aliphatic heterocycles. The lowest BCUT2D eigenvalue weighted by Gasteiger charge is -2.21. The molecule has 0 unspecified atom stereocenters. The number of sulfonamides is 1. The van der Waals surface area contributed by atoms with Crippen LogP contribution in [0.5, 0.6) is 0 Å². The number of rotatable bonds is 2. The van der Waals surface area contributed by atoms with E-state index in [9.17, 15) is 12.8 Å². The van der Waals surface area contributed by atoms with Gasteiger partial charge in [0.25, 0.3) is 0 Å². The third-order valence-electron chi connectivity index (χ3n) is 3.16. The number of hydrogen-bond acceptors (Lipinski definition) is 3. The van der Waals surface area contributed by atoms with Crippen molar-refractivity contribution in [2.24, 2.45) is 0 Å². The molecule has 1 aromatic rings. The molecule has 0 aliphatic carbocycles. The van der Waals surface area contributed by atoms with Crippen molar-refractivity contribution >= 4 is 15.7 Å². The zero-order valence-electron chi connectivity index (χ0n) is 10.1. The van der Waals surface area contributed by atoms with Gasteiger partial charge in [0.1, 0.15) is 10.7 Å². The minimum absolute atomic E-state index is 0.0285. The van der Waals surface area contributed by atoms with Crippen molar-refractivity contribution < 1.29 is 12.8 Å². The van der Waals surface area contributed by atoms with Gasteiger partial charge in [-0.25, -0.2) is 12.8 Å². The molecule has 1 saturated heterocycles. The Hall–Kier alpha value is -1.14. The molecule has 0 aromatic heterocycles. The third kappa shape index (κ3) is 2.49. The molecule has 6 heteroatoms. The predicted octanol–water partition coefficient (Wildman–Crippen LogP) is 1.97. The van der Waals surface area contributed by atoms with Crippen LogP contribution in [0.2, 0.25) is 0 Å². The van der Waals surface area contributed by atoms with Gasteiger partial charge >= 0.3 is 0 Å². The van der Waals surface area contributed by atoms with Crippen LogP contribution in [0.25, 0.3) is 0 Å². The lowest BCUT2D eigenvalue weighted by molar-refractivity contribution is 0.420. The predicted molar refractivity (Wildman–Crippen MR) is 68.0 cm³/mol. The van der Waals surface area contributed by atoms with Crippen molar-refractivity contribution in [3.8, 4) is 0 Å². The Labute approximate surface area is 107 Å². The second-order valence-corrected chi connectivity index (χ2v) is 6.35. The number of anilines is 1. The van der Waals surface area contributed by atoms with Crippen molar-refractivity contribution in [3.63, 3.8) is 0 Å². The first kappa shape index (κ1) is 13.3. The van der Waals surface area contributed by atoms with Crippen molar-refractivity contribution in [2.45, 2.75) is 30.6 Å². The van der Waals surface area contributed by atoms with Gasteiger partial charge in [0.05, 0.1) is 5.69 Å². The molecule has 0 radical (unpaired) electrons. The molecular formula is C12H17FN2O2S. The number of benzene rings is 1. The molecule has 0 atom stereocenters. The summed E-state index contributed by atoms with van der Waals surface area (Å²) in [6, 6.07) is 3.95. The molecule has 100 valence electrons. The second-order valence-electron chi connectivity index (χ2n) is 4.48. The van der Waals surface area contributed by atoms with Crippen molar-refractivity contribution in [2.75, 3.05) is 18.8 Å². The molecular weight excluding hydrogens is 255 g/mol. The fourth-order valence-corrected chi connectivity index (χ4v) is 3.89. The van der Waals surface area contributed by atoms with E-state index in [1.165, 1.54) is 16.4 Å². The van der Waals surface area contributed by atoms with Gasteiger partial charge in [0, 0.05) is 13.1 Å². The Morgan fingerprint density at radius 3 is 2.28 bits per heavy atom. The molecule has 1 aromatic carbocycles. The van der Waals surface area contributed by atoms with E-state index in [0.717, 1.165) is 31.7 Å². The lowest BCUT2D eigenvalue weighted by atomic mass is 10.2. The molecule has 18 heavy (non-hydrogen) atoms. The maximum Gasteiger partial charge on any atom is 0.248 e. The number of nitrogen functional groups attached to an aromatic ring is 1. The number of hydrogen-bond donors (Lipinski definition) is 1. The molecule has 2 N–H and O–H groups in total. The van der Waals surface area contributed by atoms with Crippen LogP contribution >= 0.6 is 0 Å². The van der Waals surface area contributed by atoms with Gasteiger partial charge in [-0.3, -0.25) is 0 Å². The minimum Gasteiger partial charge on any atom is -0.398 e. The lowest BCUT2D eigenvalue weighted by Crippen LogP contribution is -2.33. The molecule has 0 amide bonds. The molecule has 1 fully saturated rings. The first-order valence-corrected chi connectivity index (χ1v) is 7.51. The van der Waals surface area contributed by atoms with Gasteiger partial charge < -0.3 is 5.73 Å². The monoisotopic (exact) mass is 272 g/mol. The molecule has 1 aliphatic rings. The first-order chi connectivity index (χ1) is 8.53. The zero-order chi connectivity index (χ0) is 13.2. The molecule has 0 spiro atoms. The van der Waals surface area contributed by atoms with E-state index < -0.39 is 15.8 Å². The summed E-state index contributed by atoms with van der Waals surface area (Å²) in [4.78, 5) is -0.382. The van der Waals surface area contributed by atoms with E-state index in [2.05, 4.69) is 0 Å². The van der Waals surface area contributed by atoms with Crippen LogP contribution in [-0.4, -0.2) is 25.8 Å². The maximum atomic E-state index is 13.7. The Kier molecular flexibility index (Phi) is 3.87. The highest BCUT2D eigenvalue weighted by atomic mass is 32.2. The van der Waals surface area contributed by atoms with Gasteiger partial charge in [-0.2, -0.15) is 4.31 Å². The summed E-state index contributed by atoms with van der Waals surface area (Å²) in [5.41, 5.74) is 5.58. The number of nitrogens with zero attached hydrogens (tertiary/aromatic N) is 1. The molecule has 2 rings (SSSR count). The summed E-state index contributed by atoms with van der Waals surface area (Å²) in [6.45, 7) is 0.881. The Bertz CT molecular complexity index is 503. The highest BCUT2D eigenvalue weighted by Crippen LogP contribution is 2.27. The van der Waals surface area contributed by atoms with Crippen LogP contribution in [0.3, 0.4) is 0 Å². The fraction of sp³-hybridized carbons (Fsp3) is 0.500. The molecule has 0 saturated carbocycles. The quantitative estimate of drug-likeness (QED) is 0.837. The van der Waals surface area contributed by atoms with Crippen LogP contribution < -0.4 is 5.73 Å². The maximum absolute atomic E-state index is 13.7. The van der Waals surface area contributed by atoms with E-state index in [-0.39, 0.29) is 10.6 Å². The highest BCUT2D eigenvalue weighted by Gasteiger charge is 2.29. The van der Waals surface area contributed by atoms with E-state index in [0.29, 0.717) is 13.1 Å². The van der Waals surface area contributed by atoms with E-state index in [4.69, 9.17) is 5.73 Å². The minimum atomic E-state index is -3.81. The topological polar surface area (TPSA) is 63.4 Å². The average molecular weight is 272 g/mol. The normalized spacial score (nSPS) is 18.5. The van der Waals surface area contributed by atoms with Gasteiger partial charge in [0.15, 0.2) is 0 Å². The fourth-order valence-electron chi connectivity index (χ4n) is 2.21. The molecule has 1 heterocycles.